The van der Waals surface area contributed by atoms with Gasteiger partial charge in [-0.25, -0.2) is 0 Å². The van der Waals surface area contributed by atoms with Gasteiger partial charge in [-0.15, -0.1) is 16.8 Å². The lowest BCUT2D eigenvalue weighted by Crippen LogP contribution is -2.52. The SMILES string of the molecule is C=CC[C@H]1O[C@H](c2cccc(Cl)c2)[C@H](c2ccc(Cl)cc2)N([C@@H](CCC)c2nn[nH]n2)C1=O. The van der Waals surface area contributed by atoms with E-state index < -0.39 is 18.2 Å². The summed E-state index contributed by atoms with van der Waals surface area (Å²) in [5, 5.41) is 15.9. The van der Waals surface area contributed by atoms with Crippen LogP contribution in [0.5, 0.6) is 0 Å². The number of benzene rings is 2. The van der Waals surface area contributed by atoms with Crippen LogP contribution >= 0.6 is 23.2 Å². The topological polar surface area (TPSA) is 84.0 Å². The fourth-order valence-electron chi connectivity index (χ4n) is 4.33. The van der Waals surface area contributed by atoms with Crippen LogP contribution in [0.3, 0.4) is 0 Å². The van der Waals surface area contributed by atoms with Gasteiger partial charge in [0.05, 0.1) is 12.1 Å². The lowest BCUT2D eigenvalue weighted by molar-refractivity contribution is -0.180. The van der Waals surface area contributed by atoms with Crippen LogP contribution in [-0.4, -0.2) is 37.5 Å². The van der Waals surface area contributed by atoms with Crippen LogP contribution in [0.15, 0.2) is 61.2 Å². The second-order valence-corrected chi connectivity index (χ2v) is 8.81. The fraction of sp³-hybridized carbons (Fsp3) is 0.333. The monoisotopic (exact) mass is 485 g/mol. The van der Waals surface area contributed by atoms with E-state index in [4.69, 9.17) is 27.9 Å². The first-order valence-electron chi connectivity index (χ1n) is 10.9. The molecular weight excluding hydrogens is 461 g/mol. The average molecular weight is 486 g/mol. The van der Waals surface area contributed by atoms with Crippen molar-refractivity contribution < 1.29 is 9.53 Å². The molecule has 1 amide bonds. The highest BCUT2D eigenvalue weighted by Gasteiger charge is 2.47. The van der Waals surface area contributed by atoms with Crippen LogP contribution in [0.1, 0.15) is 61.3 Å². The molecule has 7 nitrogen and oxygen atoms in total. The van der Waals surface area contributed by atoms with Crippen LogP contribution in [-0.2, 0) is 9.53 Å². The first-order valence-corrected chi connectivity index (χ1v) is 11.6. The van der Waals surface area contributed by atoms with Gasteiger partial charge in [-0.1, -0.05) is 72.1 Å². The number of H-pyrrole nitrogens is 1. The van der Waals surface area contributed by atoms with Crippen molar-refractivity contribution in [2.75, 3.05) is 0 Å². The lowest BCUT2D eigenvalue weighted by Gasteiger charge is -2.47. The second-order valence-electron chi connectivity index (χ2n) is 7.94. The number of amides is 1. The van der Waals surface area contributed by atoms with Crippen molar-refractivity contribution in [3.8, 4) is 0 Å². The maximum Gasteiger partial charge on any atom is 0.253 e. The van der Waals surface area contributed by atoms with E-state index in [-0.39, 0.29) is 11.9 Å². The normalized spacial score (nSPS) is 21.7. The summed E-state index contributed by atoms with van der Waals surface area (Å²) in [6.07, 6.45) is 2.40. The molecule has 1 aliphatic heterocycles. The van der Waals surface area contributed by atoms with E-state index in [1.165, 1.54) is 0 Å². The van der Waals surface area contributed by atoms with Crippen molar-refractivity contribution in [2.45, 2.75) is 50.5 Å². The minimum Gasteiger partial charge on any atom is -0.358 e. The molecule has 4 rings (SSSR count). The summed E-state index contributed by atoms with van der Waals surface area (Å²) >= 11 is 12.5. The molecule has 33 heavy (non-hydrogen) atoms. The zero-order chi connectivity index (χ0) is 23.4. The predicted octanol–water partition coefficient (Wildman–Crippen LogP) is 5.63. The minimum absolute atomic E-state index is 0.142. The number of tetrazole rings is 1. The molecule has 0 spiro atoms. The molecule has 0 radical (unpaired) electrons. The highest BCUT2D eigenvalue weighted by Crippen LogP contribution is 2.47. The predicted molar refractivity (Wildman–Crippen MR) is 127 cm³/mol. The minimum atomic E-state index is -0.693. The Bertz CT molecular complexity index is 1090. The molecule has 1 fully saturated rings. The smallest absolute Gasteiger partial charge is 0.253 e. The number of carbonyl (C=O) groups is 1. The molecule has 2 heterocycles. The van der Waals surface area contributed by atoms with Crippen LogP contribution < -0.4 is 0 Å². The molecule has 0 unspecified atom stereocenters. The summed E-state index contributed by atoms with van der Waals surface area (Å²) in [5.41, 5.74) is 1.76. The molecule has 1 N–H and O–H groups in total. The highest BCUT2D eigenvalue weighted by atomic mass is 35.5. The van der Waals surface area contributed by atoms with Crippen LogP contribution in [0.25, 0.3) is 0 Å². The molecule has 0 saturated carbocycles. The summed E-state index contributed by atoms with van der Waals surface area (Å²) in [6, 6.07) is 14.1. The van der Waals surface area contributed by atoms with E-state index in [0.717, 1.165) is 17.5 Å². The van der Waals surface area contributed by atoms with Gasteiger partial charge in [0.25, 0.3) is 5.91 Å². The number of nitrogens with one attached hydrogen (secondary N) is 1. The number of rotatable bonds is 8. The number of aromatic nitrogens is 4. The van der Waals surface area contributed by atoms with Gasteiger partial charge in [0.15, 0.2) is 5.82 Å². The van der Waals surface area contributed by atoms with Gasteiger partial charge in [-0.2, -0.15) is 5.21 Å². The van der Waals surface area contributed by atoms with Gasteiger partial charge < -0.3 is 9.64 Å². The van der Waals surface area contributed by atoms with E-state index in [1.807, 2.05) is 53.4 Å². The number of aromatic amines is 1. The van der Waals surface area contributed by atoms with Crippen molar-refractivity contribution in [3.63, 3.8) is 0 Å². The number of morpholine rings is 1. The van der Waals surface area contributed by atoms with E-state index >= 15 is 0 Å². The van der Waals surface area contributed by atoms with E-state index in [1.54, 1.807) is 6.08 Å². The van der Waals surface area contributed by atoms with Gasteiger partial charge in [0.2, 0.25) is 0 Å². The Labute approximate surface area is 202 Å². The summed E-state index contributed by atoms with van der Waals surface area (Å²) in [6.45, 7) is 5.88. The number of carbonyl (C=O) groups excluding carboxylic acids is 1. The third-order valence-electron chi connectivity index (χ3n) is 5.75. The van der Waals surface area contributed by atoms with Crippen molar-refractivity contribution in [1.82, 2.24) is 25.5 Å². The number of ether oxygens (including phenoxy) is 1. The molecule has 1 saturated heterocycles. The summed E-state index contributed by atoms with van der Waals surface area (Å²) in [7, 11) is 0. The maximum atomic E-state index is 13.8. The zero-order valence-electron chi connectivity index (χ0n) is 18.2. The largest absolute Gasteiger partial charge is 0.358 e. The van der Waals surface area contributed by atoms with Crippen LogP contribution in [0, 0.1) is 0 Å². The van der Waals surface area contributed by atoms with Crippen LogP contribution in [0.4, 0.5) is 0 Å². The fourth-order valence-corrected chi connectivity index (χ4v) is 4.66. The maximum absolute atomic E-state index is 13.8. The van der Waals surface area contributed by atoms with E-state index in [0.29, 0.717) is 28.7 Å². The number of halogens is 2. The number of nitrogens with zero attached hydrogens (tertiary/aromatic N) is 4. The number of hydrogen-bond donors (Lipinski definition) is 1. The molecule has 172 valence electrons. The third-order valence-corrected chi connectivity index (χ3v) is 6.24. The quantitative estimate of drug-likeness (QED) is 0.417. The van der Waals surface area contributed by atoms with Gasteiger partial charge >= 0.3 is 0 Å². The van der Waals surface area contributed by atoms with Gasteiger partial charge in [-0.3, -0.25) is 4.79 Å². The molecule has 2 aromatic carbocycles. The molecule has 0 aliphatic carbocycles. The Morgan fingerprint density at radius 1 is 1.18 bits per heavy atom. The van der Waals surface area contributed by atoms with Gasteiger partial charge in [0, 0.05) is 16.5 Å². The van der Waals surface area contributed by atoms with Crippen LogP contribution in [0.2, 0.25) is 10.0 Å². The Kier molecular flexibility index (Phi) is 7.42. The first-order chi connectivity index (χ1) is 16.0. The summed E-state index contributed by atoms with van der Waals surface area (Å²) in [4.78, 5) is 15.7. The Morgan fingerprint density at radius 3 is 2.61 bits per heavy atom. The van der Waals surface area contributed by atoms with Gasteiger partial charge in [-0.05, 0) is 41.8 Å². The standard InChI is InChI=1S/C24H25Cl2N5O2/c1-3-6-19(23-27-29-30-28-23)31-21(15-10-12-17(25)13-11-15)22(16-8-5-9-18(26)14-16)33-20(7-4-2)24(31)32/h4-5,8-14,19-22H,2-3,6-7H2,1H3,(H,27,28,29,30)/t19-,20+,21-,22+/m0/s1. The highest BCUT2D eigenvalue weighted by molar-refractivity contribution is 6.30. The Morgan fingerprint density at radius 2 is 1.97 bits per heavy atom. The molecule has 0 bridgehead atoms. The van der Waals surface area contributed by atoms with Crippen molar-refractivity contribution in [3.05, 3.63) is 88.2 Å². The molecule has 4 atom stereocenters. The Hall–Kier alpha value is -2.74. The zero-order valence-corrected chi connectivity index (χ0v) is 19.7. The van der Waals surface area contributed by atoms with E-state index in [9.17, 15) is 4.79 Å². The Balaban J connectivity index is 1.90. The number of hydrogen-bond acceptors (Lipinski definition) is 5. The molecule has 3 aromatic rings. The average Bonchev–Trinajstić information content (AvgIpc) is 3.34. The first kappa shape index (κ1) is 23.4. The van der Waals surface area contributed by atoms with Gasteiger partial charge in [0.1, 0.15) is 12.2 Å². The summed E-state index contributed by atoms with van der Waals surface area (Å²) < 4.78 is 6.44. The van der Waals surface area contributed by atoms with Crippen molar-refractivity contribution >= 4 is 29.1 Å². The molecule has 1 aliphatic rings. The lowest BCUT2D eigenvalue weighted by atomic mass is 9.89. The van der Waals surface area contributed by atoms with Crippen molar-refractivity contribution in [1.29, 1.82) is 0 Å². The third kappa shape index (κ3) is 4.95. The van der Waals surface area contributed by atoms with Crippen molar-refractivity contribution in [2.24, 2.45) is 0 Å². The molecule has 9 heteroatoms. The van der Waals surface area contributed by atoms with E-state index in [2.05, 4.69) is 34.1 Å². The summed E-state index contributed by atoms with van der Waals surface area (Å²) in [5.74, 6) is 0.324. The molecule has 1 aromatic heterocycles. The second kappa shape index (κ2) is 10.5. The molecular formula is C24H25Cl2N5O2.